The molecule has 22 heavy (non-hydrogen) atoms. The highest BCUT2D eigenvalue weighted by Gasteiger charge is 2.13. The van der Waals surface area contributed by atoms with Gasteiger partial charge in [0, 0.05) is 6.54 Å². The molecule has 2 rings (SSSR count). The van der Waals surface area contributed by atoms with Crippen LogP contribution in [0.25, 0.3) is 0 Å². The van der Waals surface area contributed by atoms with Crippen LogP contribution in [0.4, 0.5) is 0 Å². The highest BCUT2D eigenvalue weighted by atomic mass is 16.6. The summed E-state index contributed by atoms with van der Waals surface area (Å²) in [5, 5.41) is 2.88. The lowest BCUT2D eigenvalue weighted by atomic mass is 10.1. The molecule has 1 aromatic carbocycles. The van der Waals surface area contributed by atoms with Crippen LogP contribution in [0.5, 0.6) is 11.5 Å². The SMILES string of the molecule is C=CCCO[C@@H](C)C(=O)NCCc1ccc2c(c1)OCCO2. The van der Waals surface area contributed by atoms with Gasteiger partial charge >= 0.3 is 0 Å². The van der Waals surface area contributed by atoms with Crippen molar-refractivity contribution in [2.24, 2.45) is 0 Å². The highest BCUT2D eigenvalue weighted by Crippen LogP contribution is 2.30. The molecule has 1 N–H and O–H groups in total. The summed E-state index contributed by atoms with van der Waals surface area (Å²) in [5.74, 6) is 1.46. The predicted molar refractivity (Wildman–Crippen MR) is 84.4 cm³/mol. The molecule has 0 spiro atoms. The zero-order chi connectivity index (χ0) is 15.8. The highest BCUT2D eigenvalue weighted by molar-refractivity contribution is 5.80. The molecular weight excluding hydrogens is 282 g/mol. The van der Waals surface area contributed by atoms with Crippen molar-refractivity contribution in [3.63, 3.8) is 0 Å². The Bertz CT molecular complexity index is 515. The number of hydrogen-bond acceptors (Lipinski definition) is 4. The van der Waals surface area contributed by atoms with Crippen LogP contribution in [0, 0.1) is 0 Å². The Labute approximate surface area is 131 Å². The van der Waals surface area contributed by atoms with Crippen LogP contribution in [-0.4, -0.2) is 38.4 Å². The van der Waals surface area contributed by atoms with Gasteiger partial charge in [0.25, 0.3) is 0 Å². The second kappa shape index (κ2) is 8.44. The molecule has 0 bridgehead atoms. The molecule has 1 aromatic rings. The Kier molecular flexibility index (Phi) is 6.27. The Morgan fingerprint density at radius 1 is 1.41 bits per heavy atom. The first-order chi connectivity index (χ1) is 10.7. The number of rotatable bonds is 8. The third-order valence-electron chi connectivity index (χ3n) is 3.38. The van der Waals surface area contributed by atoms with E-state index in [1.165, 1.54) is 0 Å². The van der Waals surface area contributed by atoms with Gasteiger partial charge in [-0.1, -0.05) is 12.1 Å². The molecule has 1 aliphatic rings. The van der Waals surface area contributed by atoms with Crippen LogP contribution >= 0.6 is 0 Å². The van der Waals surface area contributed by atoms with Gasteiger partial charge in [-0.3, -0.25) is 4.79 Å². The molecule has 0 saturated carbocycles. The van der Waals surface area contributed by atoms with Crippen LogP contribution in [0.1, 0.15) is 18.9 Å². The first kappa shape index (κ1) is 16.4. The summed E-state index contributed by atoms with van der Waals surface area (Å²) in [5.41, 5.74) is 1.10. The predicted octanol–water partition coefficient (Wildman–Crippen LogP) is 2.10. The van der Waals surface area contributed by atoms with E-state index in [4.69, 9.17) is 14.2 Å². The van der Waals surface area contributed by atoms with Crippen LogP contribution in [0.15, 0.2) is 30.9 Å². The van der Waals surface area contributed by atoms with E-state index >= 15 is 0 Å². The second-order valence-corrected chi connectivity index (χ2v) is 5.11. The van der Waals surface area contributed by atoms with Gasteiger partial charge in [-0.25, -0.2) is 0 Å². The minimum Gasteiger partial charge on any atom is -0.486 e. The van der Waals surface area contributed by atoms with Crippen molar-refractivity contribution < 1.29 is 19.0 Å². The molecule has 0 aromatic heterocycles. The Balaban J connectivity index is 1.73. The van der Waals surface area contributed by atoms with Crippen molar-refractivity contribution in [1.29, 1.82) is 0 Å². The van der Waals surface area contributed by atoms with Gasteiger partial charge in [0.05, 0.1) is 6.61 Å². The van der Waals surface area contributed by atoms with Gasteiger partial charge in [0.15, 0.2) is 11.5 Å². The summed E-state index contributed by atoms with van der Waals surface area (Å²) in [6.07, 6.45) is 2.81. The van der Waals surface area contributed by atoms with Crippen LogP contribution in [0.3, 0.4) is 0 Å². The lowest BCUT2D eigenvalue weighted by Crippen LogP contribution is -2.35. The van der Waals surface area contributed by atoms with E-state index in [-0.39, 0.29) is 5.91 Å². The van der Waals surface area contributed by atoms with Crippen molar-refractivity contribution in [2.75, 3.05) is 26.4 Å². The molecule has 0 radical (unpaired) electrons. The number of hydrogen-bond donors (Lipinski definition) is 1. The van der Waals surface area contributed by atoms with Crippen molar-refractivity contribution in [3.05, 3.63) is 36.4 Å². The number of benzene rings is 1. The summed E-state index contributed by atoms with van der Waals surface area (Å²) < 4.78 is 16.4. The maximum Gasteiger partial charge on any atom is 0.248 e. The molecule has 1 aliphatic heterocycles. The topological polar surface area (TPSA) is 56.8 Å². The largest absolute Gasteiger partial charge is 0.486 e. The standard InChI is InChI=1S/C17H23NO4/c1-3-4-9-20-13(2)17(19)18-8-7-14-5-6-15-16(12-14)22-11-10-21-15/h3,5-6,12-13H,1,4,7-11H2,2H3,(H,18,19)/t13-/m0/s1. The zero-order valence-corrected chi connectivity index (χ0v) is 13.0. The first-order valence-electron chi connectivity index (χ1n) is 7.59. The van der Waals surface area contributed by atoms with E-state index < -0.39 is 6.10 Å². The summed E-state index contributed by atoms with van der Waals surface area (Å²) in [6, 6.07) is 5.86. The van der Waals surface area contributed by atoms with Gasteiger partial charge in [-0.05, 0) is 37.5 Å². The number of ether oxygens (including phenoxy) is 3. The fourth-order valence-corrected chi connectivity index (χ4v) is 2.12. The van der Waals surface area contributed by atoms with Crippen LogP contribution in [0.2, 0.25) is 0 Å². The van der Waals surface area contributed by atoms with Crippen LogP contribution in [-0.2, 0) is 16.0 Å². The molecule has 5 nitrogen and oxygen atoms in total. The van der Waals surface area contributed by atoms with Crippen molar-refractivity contribution >= 4 is 5.91 Å². The van der Waals surface area contributed by atoms with E-state index in [0.717, 1.165) is 29.9 Å². The fraction of sp³-hybridized carbons (Fsp3) is 0.471. The molecule has 0 unspecified atom stereocenters. The lowest BCUT2D eigenvalue weighted by molar-refractivity contribution is -0.131. The average Bonchev–Trinajstić information content (AvgIpc) is 2.54. The Hall–Kier alpha value is -2.01. The van der Waals surface area contributed by atoms with E-state index in [1.54, 1.807) is 13.0 Å². The van der Waals surface area contributed by atoms with Crippen LogP contribution < -0.4 is 14.8 Å². The van der Waals surface area contributed by atoms with E-state index in [0.29, 0.717) is 26.4 Å². The fourth-order valence-electron chi connectivity index (χ4n) is 2.12. The van der Waals surface area contributed by atoms with Gasteiger partial charge in [-0.2, -0.15) is 0 Å². The number of carbonyl (C=O) groups is 1. The third kappa shape index (κ3) is 4.77. The normalized spacial score (nSPS) is 14.2. The van der Waals surface area contributed by atoms with Crippen molar-refractivity contribution in [1.82, 2.24) is 5.32 Å². The Morgan fingerprint density at radius 3 is 2.95 bits per heavy atom. The molecular formula is C17H23NO4. The Morgan fingerprint density at radius 2 is 2.18 bits per heavy atom. The second-order valence-electron chi connectivity index (χ2n) is 5.11. The molecule has 5 heteroatoms. The molecule has 0 saturated heterocycles. The van der Waals surface area contributed by atoms with Gasteiger partial charge in [0.2, 0.25) is 5.91 Å². The average molecular weight is 305 g/mol. The quantitative estimate of drug-likeness (QED) is 0.590. The summed E-state index contributed by atoms with van der Waals surface area (Å²) >= 11 is 0. The van der Waals surface area contributed by atoms with E-state index in [2.05, 4.69) is 11.9 Å². The maximum absolute atomic E-state index is 11.9. The number of nitrogens with one attached hydrogen (secondary N) is 1. The number of fused-ring (bicyclic) bond motifs is 1. The molecule has 0 fully saturated rings. The molecule has 1 heterocycles. The lowest BCUT2D eigenvalue weighted by Gasteiger charge is -2.19. The summed E-state index contributed by atoms with van der Waals surface area (Å²) in [7, 11) is 0. The number of amides is 1. The monoisotopic (exact) mass is 305 g/mol. The molecule has 1 amide bonds. The molecule has 1 atom stereocenters. The minimum absolute atomic E-state index is 0.0957. The molecule has 120 valence electrons. The molecule has 0 aliphatic carbocycles. The first-order valence-corrected chi connectivity index (χ1v) is 7.59. The number of carbonyl (C=O) groups excluding carboxylic acids is 1. The van der Waals surface area contributed by atoms with Gasteiger partial charge in [-0.15, -0.1) is 6.58 Å². The van der Waals surface area contributed by atoms with Crippen molar-refractivity contribution in [3.8, 4) is 11.5 Å². The third-order valence-corrected chi connectivity index (χ3v) is 3.38. The van der Waals surface area contributed by atoms with Crippen molar-refractivity contribution in [2.45, 2.75) is 25.9 Å². The summed E-state index contributed by atoms with van der Waals surface area (Å²) in [4.78, 5) is 11.9. The smallest absolute Gasteiger partial charge is 0.248 e. The minimum atomic E-state index is -0.444. The van der Waals surface area contributed by atoms with E-state index in [1.807, 2.05) is 18.2 Å². The van der Waals surface area contributed by atoms with Gasteiger partial charge < -0.3 is 19.5 Å². The maximum atomic E-state index is 11.9. The van der Waals surface area contributed by atoms with E-state index in [9.17, 15) is 4.79 Å². The zero-order valence-electron chi connectivity index (χ0n) is 13.0. The summed E-state index contributed by atoms with van der Waals surface area (Å²) in [6.45, 7) is 7.61. The van der Waals surface area contributed by atoms with Gasteiger partial charge in [0.1, 0.15) is 19.3 Å².